The fraction of sp³-hybridized carbons (Fsp3) is 0.556. The molecular formula is C18H25BrN4O. The minimum Gasteiger partial charge on any atom is -0.354 e. The zero-order chi connectivity index (χ0) is 17.0. The number of nitrogens with zero attached hydrogens (tertiary/aromatic N) is 2. The topological polar surface area (TPSA) is 56.7 Å². The maximum absolute atomic E-state index is 12.1. The van der Waals surface area contributed by atoms with Crippen LogP contribution in [-0.4, -0.2) is 50.0 Å². The summed E-state index contributed by atoms with van der Waals surface area (Å²) in [6.45, 7) is 3.46. The molecule has 130 valence electrons. The summed E-state index contributed by atoms with van der Waals surface area (Å²) >= 11 is 3.38. The lowest BCUT2D eigenvalue weighted by molar-refractivity contribution is 0.0954. The van der Waals surface area contributed by atoms with Gasteiger partial charge < -0.3 is 15.5 Å². The third-order valence-corrected chi connectivity index (χ3v) is 5.64. The zero-order valence-electron chi connectivity index (χ0n) is 14.1. The number of rotatable bonds is 4. The molecule has 1 aliphatic carbocycles. The van der Waals surface area contributed by atoms with Gasteiger partial charge in [0, 0.05) is 43.3 Å². The number of guanidine groups is 1. The van der Waals surface area contributed by atoms with E-state index < -0.39 is 0 Å². The number of aliphatic imine (C=N–C) groups is 1. The molecule has 6 heteroatoms. The highest BCUT2D eigenvalue weighted by Gasteiger charge is 2.43. The molecule has 1 spiro atoms. The minimum absolute atomic E-state index is 0.0531. The fourth-order valence-corrected chi connectivity index (χ4v) is 4.01. The molecule has 1 aromatic rings. The lowest BCUT2D eigenvalue weighted by Crippen LogP contribution is -2.44. The first-order valence-electron chi connectivity index (χ1n) is 8.61. The standard InChI is InChI=1S/C18H25BrN4O/c1-20-17(23-11-8-18(13-23)6-3-7-18)22-10-9-21-16(24)14-4-2-5-15(19)12-14/h2,4-5,12H,3,6-11,13H2,1H3,(H,20,22)(H,21,24). The Bertz CT molecular complexity index is 627. The number of benzene rings is 1. The van der Waals surface area contributed by atoms with Gasteiger partial charge in [-0.05, 0) is 42.9 Å². The second-order valence-electron chi connectivity index (χ2n) is 6.77. The van der Waals surface area contributed by atoms with Crippen LogP contribution < -0.4 is 10.6 Å². The Balaban J connectivity index is 1.41. The van der Waals surface area contributed by atoms with Gasteiger partial charge in [0.15, 0.2) is 5.96 Å². The van der Waals surface area contributed by atoms with E-state index in [1.807, 2.05) is 31.3 Å². The summed E-state index contributed by atoms with van der Waals surface area (Å²) in [5, 5.41) is 6.31. The summed E-state index contributed by atoms with van der Waals surface area (Å²) in [5.41, 5.74) is 1.23. The predicted molar refractivity (Wildman–Crippen MR) is 100 cm³/mol. The van der Waals surface area contributed by atoms with E-state index in [4.69, 9.17) is 0 Å². The van der Waals surface area contributed by atoms with Crippen molar-refractivity contribution < 1.29 is 4.79 Å². The van der Waals surface area contributed by atoms with Gasteiger partial charge in [-0.2, -0.15) is 0 Å². The number of carbonyl (C=O) groups excluding carboxylic acids is 1. The van der Waals surface area contributed by atoms with Crippen LogP contribution in [0.3, 0.4) is 0 Å². The van der Waals surface area contributed by atoms with Crippen LogP contribution in [0.15, 0.2) is 33.7 Å². The molecule has 1 amide bonds. The number of halogens is 1. The fourth-order valence-electron chi connectivity index (χ4n) is 3.62. The average Bonchev–Trinajstić information content (AvgIpc) is 3.00. The third-order valence-electron chi connectivity index (χ3n) is 5.14. The number of nitrogens with one attached hydrogen (secondary N) is 2. The molecular weight excluding hydrogens is 368 g/mol. The summed E-state index contributed by atoms with van der Waals surface area (Å²) < 4.78 is 0.910. The maximum Gasteiger partial charge on any atom is 0.251 e. The van der Waals surface area contributed by atoms with Gasteiger partial charge in [0.25, 0.3) is 5.91 Å². The molecule has 0 atom stereocenters. The molecule has 1 aliphatic heterocycles. The van der Waals surface area contributed by atoms with Crippen molar-refractivity contribution in [3.8, 4) is 0 Å². The van der Waals surface area contributed by atoms with Gasteiger partial charge in [-0.25, -0.2) is 0 Å². The van der Waals surface area contributed by atoms with E-state index in [0.29, 0.717) is 24.1 Å². The lowest BCUT2D eigenvalue weighted by atomic mass is 9.68. The van der Waals surface area contributed by atoms with E-state index in [1.165, 1.54) is 25.7 Å². The predicted octanol–water partition coefficient (Wildman–Crippen LogP) is 2.63. The molecule has 0 unspecified atom stereocenters. The average molecular weight is 393 g/mol. The normalized spacial score (nSPS) is 19.2. The molecule has 24 heavy (non-hydrogen) atoms. The molecule has 1 saturated heterocycles. The molecule has 1 aromatic carbocycles. The molecule has 2 fully saturated rings. The van der Waals surface area contributed by atoms with E-state index in [1.54, 1.807) is 0 Å². The van der Waals surface area contributed by atoms with E-state index >= 15 is 0 Å². The molecule has 1 heterocycles. The van der Waals surface area contributed by atoms with Gasteiger partial charge in [0.1, 0.15) is 0 Å². The van der Waals surface area contributed by atoms with Crippen molar-refractivity contribution in [3.63, 3.8) is 0 Å². The number of amides is 1. The van der Waals surface area contributed by atoms with Crippen molar-refractivity contribution in [2.45, 2.75) is 25.7 Å². The summed E-state index contributed by atoms with van der Waals surface area (Å²) in [4.78, 5) is 18.8. The van der Waals surface area contributed by atoms with Crippen molar-refractivity contribution in [1.82, 2.24) is 15.5 Å². The number of hydrogen-bond donors (Lipinski definition) is 2. The van der Waals surface area contributed by atoms with Crippen molar-refractivity contribution in [2.75, 3.05) is 33.2 Å². The van der Waals surface area contributed by atoms with Gasteiger partial charge in [-0.3, -0.25) is 9.79 Å². The molecule has 0 bridgehead atoms. The second kappa shape index (κ2) is 7.55. The second-order valence-corrected chi connectivity index (χ2v) is 7.68. The highest BCUT2D eigenvalue weighted by Crippen LogP contribution is 2.47. The molecule has 2 aliphatic rings. The van der Waals surface area contributed by atoms with Gasteiger partial charge in [0.05, 0.1) is 0 Å². The minimum atomic E-state index is -0.0531. The zero-order valence-corrected chi connectivity index (χ0v) is 15.7. The molecule has 0 radical (unpaired) electrons. The van der Waals surface area contributed by atoms with Crippen molar-refractivity contribution in [1.29, 1.82) is 0 Å². The Labute approximate surface area is 152 Å². The van der Waals surface area contributed by atoms with Gasteiger partial charge in [-0.15, -0.1) is 0 Å². The van der Waals surface area contributed by atoms with Crippen molar-refractivity contribution >= 4 is 27.8 Å². The number of carbonyl (C=O) groups is 1. The Morgan fingerprint density at radius 2 is 2.08 bits per heavy atom. The van der Waals surface area contributed by atoms with Crippen LogP contribution in [0.1, 0.15) is 36.0 Å². The van der Waals surface area contributed by atoms with Crippen LogP contribution in [0.25, 0.3) is 0 Å². The summed E-state index contributed by atoms with van der Waals surface area (Å²) in [7, 11) is 1.83. The van der Waals surface area contributed by atoms with E-state index in [2.05, 4.69) is 36.5 Å². The van der Waals surface area contributed by atoms with Crippen molar-refractivity contribution in [3.05, 3.63) is 34.3 Å². The van der Waals surface area contributed by atoms with Gasteiger partial charge in [-0.1, -0.05) is 28.4 Å². The third kappa shape index (κ3) is 3.91. The van der Waals surface area contributed by atoms with E-state index in [9.17, 15) is 4.79 Å². The summed E-state index contributed by atoms with van der Waals surface area (Å²) in [5.74, 6) is 0.901. The summed E-state index contributed by atoms with van der Waals surface area (Å²) in [6.07, 6.45) is 5.39. The van der Waals surface area contributed by atoms with Crippen LogP contribution in [0, 0.1) is 5.41 Å². The van der Waals surface area contributed by atoms with Crippen molar-refractivity contribution in [2.24, 2.45) is 10.4 Å². The number of likely N-dealkylation sites (tertiary alicyclic amines) is 1. The molecule has 3 rings (SSSR count). The highest BCUT2D eigenvalue weighted by molar-refractivity contribution is 9.10. The Morgan fingerprint density at radius 3 is 2.71 bits per heavy atom. The van der Waals surface area contributed by atoms with Crippen LogP contribution in [0.5, 0.6) is 0 Å². The molecule has 2 N–H and O–H groups in total. The molecule has 5 nitrogen and oxygen atoms in total. The first kappa shape index (κ1) is 17.3. The van der Waals surface area contributed by atoms with E-state index in [-0.39, 0.29) is 5.91 Å². The van der Waals surface area contributed by atoms with Crippen LogP contribution in [0.2, 0.25) is 0 Å². The maximum atomic E-state index is 12.1. The summed E-state index contributed by atoms with van der Waals surface area (Å²) in [6, 6.07) is 7.41. The first-order chi connectivity index (χ1) is 11.6. The first-order valence-corrected chi connectivity index (χ1v) is 9.41. The lowest BCUT2D eigenvalue weighted by Gasteiger charge is -2.38. The SMILES string of the molecule is CN=C(NCCNC(=O)c1cccc(Br)c1)N1CCC2(CCC2)C1. The van der Waals surface area contributed by atoms with Gasteiger partial charge >= 0.3 is 0 Å². The van der Waals surface area contributed by atoms with Crippen LogP contribution >= 0.6 is 15.9 Å². The monoisotopic (exact) mass is 392 g/mol. The van der Waals surface area contributed by atoms with E-state index in [0.717, 1.165) is 23.5 Å². The quantitative estimate of drug-likeness (QED) is 0.470. The molecule has 0 aromatic heterocycles. The highest BCUT2D eigenvalue weighted by atomic mass is 79.9. The number of hydrogen-bond acceptors (Lipinski definition) is 2. The largest absolute Gasteiger partial charge is 0.354 e. The smallest absolute Gasteiger partial charge is 0.251 e. The Morgan fingerprint density at radius 1 is 1.29 bits per heavy atom. The Kier molecular flexibility index (Phi) is 5.43. The molecule has 1 saturated carbocycles. The van der Waals surface area contributed by atoms with Crippen LogP contribution in [-0.2, 0) is 0 Å². The van der Waals surface area contributed by atoms with Crippen LogP contribution in [0.4, 0.5) is 0 Å². The Hall–Kier alpha value is -1.56. The van der Waals surface area contributed by atoms with Gasteiger partial charge in [0.2, 0.25) is 0 Å².